The quantitative estimate of drug-likeness (QED) is 0.627. The van der Waals surface area contributed by atoms with Crippen LogP contribution in [0.3, 0.4) is 0 Å². The van der Waals surface area contributed by atoms with Gasteiger partial charge >= 0.3 is 0 Å². The van der Waals surface area contributed by atoms with E-state index in [0.717, 1.165) is 5.25 Å². The third kappa shape index (κ3) is 2.93. The molecule has 1 aliphatic heterocycles. The second-order valence-corrected chi connectivity index (χ2v) is 5.97. The normalized spacial score (nSPS) is 27.3. The van der Waals surface area contributed by atoms with Crippen LogP contribution in [0.25, 0.3) is 0 Å². The molecule has 0 radical (unpaired) electrons. The first-order chi connectivity index (χ1) is 4.58. The van der Waals surface area contributed by atoms with Gasteiger partial charge in [-0.1, -0.05) is 20.8 Å². The molecule has 10 heavy (non-hydrogen) atoms. The van der Waals surface area contributed by atoms with Gasteiger partial charge in [-0.3, -0.25) is 0 Å². The minimum Gasteiger partial charge on any atom is -0.316 e. The minimum absolute atomic E-state index is 0.441. The second kappa shape index (κ2) is 3.14. The van der Waals surface area contributed by atoms with Gasteiger partial charge in [0.1, 0.15) is 0 Å². The fourth-order valence-electron chi connectivity index (χ4n) is 1.23. The number of hydrogen-bond donors (Lipinski definition) is 1. The van der Waals surface area contributed by atoms with Gasteiger partial charge in [-0.25, -0.2) is 0 Å². The number of thioether (sulfide) groups is 1. The summed E-state index contributed by atoms with van der Waals surface area (Å²) in [6, 6.07) is 0. The summed E-state index contributed by atoms with van der Waals surface area (Å²) in [7, 11) is 0. The van der Waals surface area contributed by atoms with Gasteiger partial charge in [-0.15, -0.1) is 0 Å². The summed E-state index contributed by atoms with van der Waals surface area (Å²) in [5.41, 5.74) is 0. The van der Waals surface area contributed by atoms with Gasteiger partial charge in [-0.05, 0) is 13.0 Å². The molecule has 1 N–H and O–H groups in total. The molecule has 0 bridgehead atoms. The molecule has 0 aromatic rings. The van der Waals surface area contributed by atoms with Gasteiger partial charge in [-0.2, -0.15) is 11.8 Å². The molecule has 2 heteroatoms. The molecule has 1 nitrogen and oxygen atoms in total. The van der Waals surface area contributed by atoms with Crippen LogP contribution in [-0.2, 0) is 0 Å². The largest absolute Gasteiger partial charge is 0.316 e. The van der Waals surface area contributed by atoms with Crippen molar-refractivity contribution < 1.29 is 0 Å². The van der Waals surface area contributed by atoms with Crippen molar-refractivity contribution in [3.63, 3.8) is 0 Å². The number of rotatable bonds is 1. The zero-order valence-corrected chi connectivity index (χ0v) is 7.92. The van der Waals surface area contributed by atoms with Crippen LogP contribution >= 0.6 is 11.8 Å². The van der Waals surface area contributed by atoms with E-state index in [1.807, 2.05) is 0 Å². The molecular formula is C8H17NS. The van der Waals surface area contributed by atoms with Crippen LogP contribution in [-0.4, -0.2) is 23.1 Å². The van der Waals surface area contributed by atoms with Crippen LogP contribution in [0.5, 0.6) is 0 Å². The van der Waals surface area contributed by atoms with Crippen molar-refractivity contribution in [2.24, 2.45) is 0 Å². The van der Waals surface area contributed by atoms with E-state index in [0.29, 0.717) is 4.75 Å². The average Bonchev–Trinajstić information content (AvgIpc) is 2.12. The van der Waals surface area contributed by atoms with Gasteiger partial charge in [0.25, 0.3) is 0 Å². The van der Waals surface area contributed by atoms with E-state index in [2.05, 4.69) is 37.8 Å². The summed E-state index contributed by atoms with van der Waals surface area (Å²) in [5.74, 6) is 0. The topological polar surface area (TPSA) is 12.0 Å². The second-order valence-electron chi connectivity index (χ2n) is 3.85. The van der Waals surface area contributed by atoms with Crippen molar-refractivity contribution in [2.75, 3.05) is 13.1 Å². The Morgan fingerprint density at radius 2 is 2.10 bits per heavy atom. The highest BCUT2D eigenvalue weighted by atomic mass is 32.2. The summed E-state index contributed by atoms with van der Waals surface area (Å²) in [4.78, 5) is 0. The number of nitrogens with one attached hydrogen (secondary N) is 1. The Balaban J connectivity index is 2.24. The van der Waals surface area contributed by atoms with E-state index < -0.39 is 0 Å². The van der Waals surface area contributed by atoms with Crippen LogP contribution in [0, 0.1) is 0 Å². The zero-order chi connectivity index (χ0) is 7.61. The Morgan fingerprint density at radius 1 is 1.40 bits per heavy atom. The maximum absolute atomic E-state index is 3.37. The van der Waals surface area contributed by atoms with E-state index in [9.17, 15) is 0 Å². The van der Waals surface area contributed by atoms with Gasteiger partial charge in [0, 0.05) is 16.5 Å². The molecule has 0 aromatic carbocycles. The van der Waals surface area contributed by atoms with E-state index in [-0.39, 0.29) is 0 Å². The lowest BCUT2D eigenvalue weighted by atomic mass is 10.3. The minimum atomic E-state index is 0.441. The Hall–Kier alpha value is 0.310. The third-order valence-electron chi connectivity index (χ3n) is 1.54. The van der Waals surface area contributed by atoms with Crippen LogP contribution in [0.15, 0.2) is 0 Å². The molecule has 1 rings (SSSR count). The zero-order valence-electron chi connectivity index (χ0n) is 7.11. The standard InChI is InChI=1S/C8H17NS/c1-8(2,3)10-7-4-5-9-6-7/h7,9H,4-6H2,1-3H3. The summed E-state index contributed by atoms with van der Waals surface area (Å²) < 4.78 is 0.441. The van der Waals surface area contributed by atoms with Gasteiger partial charge in [0.05, 0.1) is 0 Å². The monoisotopic (exact) mass is 159 g/mol. The predicted molar refractivity (Wildman–Crippen MR) is 48.6 cm³/mol. The third-order valence-corrected chi connectivity index (χ3v) is 2.98. The van der Waals surface area contributed by atoms with E-state index in [1.54, 1.807) is 0 Å². The van der Waals surface area contributed by atoms with Crippen LogP contribution in [0.4, 0.5) is 0 Å². The van der Waals surface area contributed by atoms with Crippen LogP contribution in [0.1, 0.15) is 27.2 Å². The Kier molecular flexibility index (Phi) is 2.64. The fraction of sp³-hybridized carbons (Fsp3) is 1.00. The average molecular weight is 159 g/mol. The van der Waals surface area contributed by atoms with Crippen molar-refractivity contribution in [1.29, 1.82) is 0 Å². The highest BCUT2D eigenvalue weighted by Gasteiger charge is 2.21. The molecule has 1 fully saturated rings. The van der Waals surface area contributed by atoms with Gasteiger partial charge in [0.2, 0.25) is 0 Å². The lowest BCUT2D eigenvalue weighted by Gasteiger charge is -2.21. The molecule has 1 atom stereocenters. The van der Waals surface area contributed by atoms with Crippen LogP contribution in [0.2, 0.25) is 0 Å². The first-order valence-electron chi connectivity index (χ1n) is 3.96. The van der Waals surface area contributed by atoms with E-state index in [4.69, 9.17) is 0 Å². The summed E-state index contributed by atoms with van der Waals surface area (Å²) in [6.45, 7) is 9.29. The molecule has 0 aromatic heterocycles. The van der Waals surface area contributed by atoms with Gasteiger partial charge < -0.3 is 5.32 Å². The molecule has 60 valence electrons. The first kappa shape index (κ1) is 8.41. The highest BCUT2D eigenvalue weighted by molar-refractivity contribution is 8.01. The number of hydrogen-bond acceptors (Lipinski definition) is 2. The summed E-state index contributed by atoms with van der Waals surface area (Å²) >= 11 is 2.10. The Morgan fingerprint density at radius 3 is 2.50 bits per heavy atom. The molecule has 0 spiro atoms. The molecule has 1 heterocycles. The smallest absolute Gasteiger partial charge is 0.0189 e. The summed E-state index contributed by atoms with van der Waals surface area (Å²) in [6.07, 6.45) is 1.35. The van der Waals surface area contributed by atoms with Crippen molar-refractivity contribution in [3.8, 4) is 0 Å². The fourth-order valence-corrected chi connectivity index (χ4v) is 2.67. The van der Waals surface area contributed by atoms with Crippen molar-refractivity contribution >= 4 is 11.8 Å². The first-order valence-corrected chi connectivity index (χ1v) is 4.84. The predicted octanol–water partition coefficient (Wildman–Crippen LogP) is 1.88. The Labute approximate surface area is 68.0 Å². The molecule has 0 saturated carbocycles. The Bertz CT molecular complexity index is 100. The lowest BCUT2D eigenvalue weighted by Crippen LogP contribution is -2.17. The molecule has 0 aliphatic carbocycles. The molecule has 1 saturated heterocycles. The summed E-state index contributed by atoms with van der Waals surface area (Å²) in [5, 5.41) is 4.24. The molecule has 1 aliphatic rings. The van der Waals surface area contributed by atoms with E-state index in [1.165, 1.54) is 19.5 Å². The maximum atomic E-state index is 3.37. The molecule has 1 unspecified atom stereocenters. The SMILES string of the molecule is CC(C)(C)SC1CCNC1. The van der Waals surface area contributed by atoms with Crippen molar-refractivity contribution in [1.82, 2.24) is 5.32 Å². The molecular weight excluding hydrogens is 142 g/mol. The highest BCUT2D eigenvalue weighted by Crippen LogP contribution is 2.30. The van der Waals surface area contributed by atoms with Gasteiger partial charge in [0.15, 0.2) is 0 Å². The maximum Gasteiger partial charge on any atom is 0.0189 e. The lowest BCUT2D eigenvalue weighted by molar-refractivity contribution is 0.787. The van der Waals surface area contributed by atoms with Crippen molar-refractivity contribution in [2.45, 2.75) is 37.2 Å². The van der Waals surface area contributed by atoms with E-state index >= 15 is 0 Å². The van der Waals surface area contributed by atoms with Crippen molar-refractivity contribution in [3.05, 3.63) is 0 Å². The molecule has 0 amide bonds. The van der Waals surface area contributed by atoms with Crippen LogP contribution < -0.4 is 5.32 Å².